The van der Waals surface area contributed by atoms with Crippen LogP contribution in [0.15, 0.2) is 46.2 Å². The Morgan fingerprint density at radius 2 is 1.29 bits per heavy atom. The number of hydrogen-bond donors (Lipinski definition) is 5. The summed E-state index contributed by atoms with van der Waals surface area (Å²) in [7, 11) is -9.42. The SMILES string of the molecule is CCNC(=O)Nc1ccc(/C=C/c2ccc(NC(=O)C(C)C)cc2S(=O)(=O)O)c(S(=O)(=O)O)c1.[Na+]. The Morgan fingerprint density at radius 1 is 0.857 bits per heavy atom. The van der Waals surface area contributed by atoms with E-state index in [0.717, 1.165) is 12.1 Å². The van der Waals surface area contributed by atoms with Crippen molar-refractivity contribution in [2.45, 2.75) is 30.6 Å². The van der Waals surface area contributed by atoms with E-state index in [1.54, 1.807) is 20.8 Å². The number of carbonyl (C=O) groups is 2. The Morgan fingerprint density at radius 3 is 1.66 bits per heavy atom. The van der Waals surface area contributed by atoms with E-state index in [1.165, 1.54) is 36.4 Å². The van der Waals surface area contributed by atoms with Crippen LogP contribution in [-0.4, -0.2) is 44.4 Å². The van der Waals surface area contributed by atoms with Crippen LogP contribution in [-0.2, 0) is 25.0 Å². The van der Waals surface area contributed by atoms with Crippen molar-refractivity contribution in [3.63, 3.8) is 0 Å². The number of nitrogens with one attached hydrogen (secondary N) is 3. The molecule has 0 radical (unpaired) electrons. The van der Waals surface area contributed by atoms with Crippen molar-refractivity contribution in [2.24, 2.45) is 5.92 Å². The molecule has 5 N–H and O–H groups in total. The van der Waals surface area contributed by atoms with Gasteiger partial charge in [-0.3, -0.25) is 13.9 Å². The van der Waals surface area contributed by atoms with Gasteiger partial charge in [0.15, 0.2) is 0 Å². The fraction of sp³-hybridized carbons (Fsp3) is 0.238. The average Bonchev–Trinajstić information content (AvgIpc) is 2.72. The summed E-state index contributed by atoms with van der Waals surface area (Å²) in [5.41, 5.74) is 0.223. The van der Waals surface area contributed by atoms with Crippen molar-refractivity contribution in [1.82, 2.24) is 5.32 Å². The molecule has 11 nitrogen and oxygen atoms in total. The first kappa shape index (κ1) is 30.8. The van der Waals surface area contributed by atoms with E-state index in [-0.39, 0.29) is 63.9 Å². The maximum atomic E-state index is 11.9. The zero-order valence-electron chi connectivity index (χ0n) is 19.6. The zero-order chi connectivity index (χ0) is 25.7. The van der Waals surface area contributed by atoms with Gasteiger partial charge < -0.3 is 16.0 Å². The Labute approximate surface area is 226 Å². The van der Waals surface area contributed by atoms with Gasteiger partial charge in [-0.15, -0.1) is 0 Å². The maximum Gasteiger partial charge on any atom is 1.00 e. The van der Waals surface area contributed by atoms with E-state index in [0.29, 0.717) is 6.54 Å². The molecule has 0 unspecified atom stereocenters. The van der Waals surface area contributed by atoms with Crippen LogP contribution in [0, 0.1) is 5.92 Å². The molecular weight excluding hydrogens is 509 g/mol. The van der Waals surface area contributed by atoms with Crippen molar-refractivity contribution in [3.8, 4) is 0 Å². The van der Waals surface area contributed by atoms with Gasteiger partial charge in [0.25, 0.3) is 20.2 Å². The van der Waals surface area contributed by atoms with Crippen molar-refractivity contribution >= 4 is 55.7 Å². The molecular formula is C21H25N3NaO8S2+. The minimum absolute atomic E-state index is 0. The van der Waals surface area contributed by atoms with Gasteiger partial charge in [-0.25, -0.2) is 4.79 Å². The fourth-order valence-corrected chi connectivity index (χ4v) is 4.17. The fourth-order valence-electron chi connectivity index (χ4n) is 2.75. The third-order valence-corrected chi connectivity index (χ3v) is 6.23. The first-order valence-electron chi connectivity index (χ1n) is 9.99. The molecule has 2 aromatic carbocycles. The minimum atomic E-state index is -4.71. The van der Waals surface area contributed by atoms with Gasteiger partial charge in [0.05, 0.1) is 0 Å². The van der Waals surface area contributed by atoms with Gasteiger partial charge in [-0.2, -0.15) is 16.8 Å². The van der Waals surface area contributed by atoms with E-state index in [2.05, 4.69) is 16.0 Å². The molecule has 0 bridgehead atoms. The molecule has 0 saturated heterocycles. The van der Waals surface area contributed by atoms with Gasteiger partial charge in [-0.1, -0.05) is 38.1 Å². The van der Waals surface area contributed by atoms with E-state index in [1.807, 2.05) is 0 Å². The quantitative estimate of drug-likeness (QED) is 0.180. The Bertz CT molecular complexity index is 1340. The third-order valence-electron chi connectivity index (χ3n) is 4.41. The first-order valence-corrected chi connectivity index (χ1v) is 12.9. The summed E-state index contributed by atoms with van der Waals surface area (Å²) in [6.45, 7) is 5.34. The second-order valence-electron chi connectivity index (χ2n) is 7.42. The van der Waals surface area contributed by atoms with Crippen LogP contribution in [0.5, 0.6) is 0 Å². The zero-order valence-corrected chi connectivity index (χ0v) is 23.2. The molecule has 0 aliphatic carbocycles. The molecule has 35 heavy (non-hydrogen) atoms. The van der Waals surface area contributed by atoms with Crippen LogP contribution in [0.1, 0.15) is 31.9 Å². The molecule has 2 rings (SSSR count). The minimum Gasteiger partial charge on any atom is -0.338 e. The molecule has 0 aromatic heterocycles. The van der Waals surface area contributed by atoms with Gasteiger partial charge in [0.1, 0.15) is 9.79 Å². The smallest absolute Gasteiger partial charge is 0.338 e. The van der Waals surface area contributed by atoms with Crippen LogP contribution in [0.2, 0.25) is 0 Å². The monoisotopic (exact) mass is 534 g/mol. The molecule has 0 fully saturated rings. The Hall–Kier alpha value is -2.26. The van der Waals surface area contributed by atoms with Crippen molar-refractivity contribution in [3.05, 3.63) is 47.5 Å². The molecule has 3 amide bonds. The predicted octanol–water partition coefficient (Wildman–Crippen LogP) is 0.0903. The average molecular weight is 535 g/mol. The molecule has 0 saturated carbocycles. The number of amides is 3. The largest absolute Gasteiger partial charge is 1.00 e. The number of urea groups is 1. The van der Waals surface area contributed by atoms with Gasteiger partial charge >= 0.3 is 35.6 Å². The van der Waals surface area contributed by atoms with E-state index >= 15 is 0 Å². The summed E-state index contributed by atoms with van der Waals surface area (Å²) >= 11 is 0. The summed E-state index contributed by atoms with van der Waals surface area (Å²) < 4.78 is 66.8. The van der Waals surface area contributed by atoms with Gasteiger partial charge in [0, 0.05) is 23.8 Å². The molecule has 184 valence electrons. The topological polar surface area (TPSA) is 179 Å². The maximum absolute atomic E-state index is 11.9. The second kappa shape index (κ2) is 12.6. The van der Waals surface area contributed by atoms with Gasteiger partial charge in [0.2, 0.25) is 5.91 Å². The standard InChI is InChI=1S/C21H25N3O8S2.Na/c1-4-22-21(26)24-17-10-8-15(19(12-17)34(30,31)32)6-5-14-7-9-16(23-20(25)13(2)3)11-18(14)33(27,28)29;/h5-13H,4H2,1-3H3,(H,23,25)(H2,22,24,26)(H,27,28,29)(H,30,31,32);/q;+1/b6-5+;. The summed E-state index contributed by atoms with van der Waals surface area (Å²) in [5, 5.41) is 7.42. The van der Waals surface area contributed by atoms with E-state index in [4.69, 9.17) is 0 Å². The molecule has 0 atom stereocenters. The van der Waals surface area contributed by atoms with Crippen molar-refractivity contribution < 1.29 is 65.1 Å². The summed E-state index contributed by atoms with van der Waals surface area (Å²) in [4.78, 5) is 22.5. The van der Waals surface area contributed by atoms with Crippen LogP contribution in [0.3, 0.4) is 0 Å². The van der Waals surface area contributed by atoms with Crippen LogP contribution in [0.25, 0.3) is 12.2 Å². The number of carbonyl (C=O) groups excluding carboxylic acids is 2. The predicted molar refractivity (Wildman–Crippen MR) is 128 cm³/mol. The second-order valence-corrected chi connectivity index (χ2v) is 10.2. The summed E-state index contributed by atoms with van der Waals surface area (Å²) in [6, 6.07) is 6.94. The number of benzene rings is 2. The third kappa shape index (κ3) is 9.04. The molecule has 0 aliphatic heterocycles. The Kier molecular flexibility index (Phi) is 11.1. The summed E-state index contributed by atoms with van der Waals surface area (Å²) in [6.07, 6.45) is 2.44. The summed E-state index contributed by atoms with van der Waals surface area (Å²) in [5.74, 6) is -0.721. The molecule has 0 spiro atoms. The van der Waals surface area contributed by atoms with Gasteiger partial charge in [-0.05, 0) is 42.3 Å². The molecule has 0 aliphatic rings. The Balaban J connectivity index is 0.00000612. The van der Waals surface area contributed by atoms with Crippen molar-refractivity contribution in [1.29, 1.82) is 0 Å². The molecule has 14 heteroatoms. The first-order chi connectivity index (χ1) is 15.7. The van der Waals surface area contributed by atoms with Crippen LogP contribution < -0.4 is 45.5 Å². The van der Waals surface area contributed by atoms with E-state index in [9.17, 15) is 35.5 Å². The number of rotatable bonds is 8. The molecule has 2 aromatic rings. The number of anilines is 2. The van der Waals surface area contributed by atoms with E-state index < -0.39 is 36.1 Å². The normalized spacial score (nSPS) is 11.7. The van der Waals surface area contributed by atoms with Crippen molar-refractivity contribution in [2.75, 3.05) is 17.2 Å². The van der Waals surface area contributed by atoms with Crippen LogP contribution in [0.4, 0.5) is 16.2 Å². The molecule has 0 heterocycles. The van der Waals surface area contributed by atoms with Crippen LogP contribution >= 0.6 is 0 Å². The number of hydrogen-bond acceptors (Lipinski definition) is 6.